The number of hydrogen-bond donors (Lipinski definition) is 3. The van der Waals surface area contributed by atoms with Gasteiger partial charge in [0.25, 0.3) is 5.91 Å². The Kier molecular flexibility index (Phi) is 6.41. The fraction of sp³-hybridized carbons (Fsp3) is 0.238. The molecule has 0 bridgehead atoms. The van der Waals surface area contributed by atoms with Crippen molar-refractivity contribution in [2.75, 3.05) is 21.1 Å². The number of nitrogens with two attached hydrogens (primary N) is 1. The van der Waals surface area contributed by atoms with Gasteiger partial charge in [0.2, 0.25) is 0 Å². The number of aliphatic imine (C=N–C) groups is 1. The van der Waals surface area contributed by atoms with Crippen LogP contribution in [0.4, 0.5) is 0 Å². The second-order valence-electron chi connectivity index (χ2n) is 6.95. The zero-order valence-corrected chi connectivity index (χ0v) is 17.4. The molecule has 0 aliphatic rings. The normalized spacial score (nSPS) is 11.8. The summed E-state index contributed by atoms with van der Waals surface area (Å²) >= 11 is 6.39. The predicted molar refractivity (Wildman–Crippen MR) is 116 cm³/mol. The first-order valence-corrected chi connectivity index (χ1v) is 9.47. The third-order valence-electron chi connectivity index (χ3n) is 4.27. The van der Waals surface area contributed by atoms with Gasteiger partial charge in [-0.3, -0.25) is 4.79 Å². The second-order valence-corrected chi connectivity index (χ2v) is 7.36. The number of carbonyl (C=O) groups excluding carboxylic acids is 1. The number of H-pyrrole nitrogens is 1. The van der Waals surface area contributed by atoms with Gasteiger partial charge in [-0.25, -0.2) is 0 Å². The van der Waals surface area contributed by atoms with Crippen molar-refractivity contribution in [3.05, 3.63) is 64.3 Å². The number of carbonyl (C=O) groups is 1. The summed E-state index contributed by atoms with van der Waals surface area (Å²) < 4.78 is 5.93. The van der Waals surface area contributed by atoms with Crippen molar-refractivity contribution in [2.24, 2.45) is 10.7 Å². The van der Waals surface area contributed by atoms with E-state index in [2.05, 4.69) is 32.3 Å². The highest BCUT2D eigenvalue weighted by Crippen LogP contribution is 2.30. The summed E-state index contributed by atoms with van der Waals surface area (Å²) in [5.41, 5.74) is 8.83. The van der Waals surface area contributed by atoms with Crippen LogP contribution in [0.2, 0.25) is 5.02 Å². The number of amides is 1. The van der Waals surface area contributed by atoms with E-state index in [4.69, 9.17) is 22.1 Å². The molecule has 8 heteroatoms. The molecule has 0 unspecified atom stereocenters. The van der Waals surface area contributed by atoms with Gasteiger partial charge in [-0.15, -0.1) is 0 Å². The van der Waals surface area contributed by atoms with Gasteiger partial charge in [-0.1, -0.05) is 35.9 Å². The Morgan fingerprint density at radius 2 is 2.00 bits per heavy atom. The lowest BCUT2D eigenvalue weighted by molar-refractivity contribution is 0.0998. The number of ether oxygens (including phenoxy) is 1. The highest BCUT2D eigenvalue weighted by molar-refractivity contribution is 6.35. The molecule has 0 spiro atoms. The number of guanidine groups is 1. The van der Waals surface area contributed by atoms with Crippen LogP contribution in [-0.4, -0.2) is 42.9 Å². The number of aromatic nitrogens is 1. The molecule has 4 N–H and O–H groups in total. The Bertz CT molecular complexity index is 1060. The van der Waals surface area contributed by atoms with Gasteiger partial charge in [-0.2, -0.15) is 4.99 Å². The van der Waals surface area contributed by atoms with Crippen LogP contribution in [0.3, 0.4) is 0 Å². The van der Waals surface area contributed by atoms with Crippen molar-refractivity contribution in [3.8, 4) is 5.75 Å². The molecule has 1 aromatic heterocycles. The minimum absolute atomic E-state index is 0.0419. The number of fused-ring (bicyclic) bond motifs is 1. The van der Waals surface area contributed by atoms with Crippen LogP contribution in [0, 0.1) is 0 Å². The first-order chi connectivity index (χ1) is 13.9. The lowest BCUT2D eigenvalue weighted by atomic mass is 10.1. The average Bonchev–Trinajstić information content (AvgIpc) is 3.11. The third kappa shape index (κ3) is 5.28. The van der Waals surface area contributed by atoms with E-state index in [1.54, 1.807) is 19.2 Å². The maximum absolute atomic E-state index is 12.2. The third-order valence-corrected chi connectivity index (χ3v) is 4.58. The zero-order valence-electron chi connectivity index (χ0n) is 16.6. The van der Waals surface area contributed by atoms with Gasteiger partial charge in [-0.05, 0) is 37.4 Å². The van der Waals surface area contributed by atoms with E-state index in [1.165, 1.54) is 5.56 Å². The van der Waals surface area contributed by atoms with Gasteiger partial charge in [0.1, 0.15) is 18.1 Å². The minimum atomic E-state index is -0.482. The maximum atomic E-state index is 12.2. The second kappa shape index (κ2) is 8.98. The number of halogens is 1. The highest BCUT2D eigenvalue weighted by Gasteiger charge is 2.13. The van der Waals surface area contributed by atoms with Crippen molar-refractivity contribution in [3.63, 3.8) is 0 Å². The molecule has 7 nitrogen and oxygen atoms in total. The first kappa shape index (κ1) is 20.7. The van der Waals surface area contributed by atoms with E-state index >= 15 is 0 Å². The summed E-state index contributed by atoms with van der Waals surface area (Å²) in [6.45, 7) is 1.28. The average molecular weight is 414 g/mol. The molecule has 0 aliphatic carbocycles. The van der Waals surface area contributed by atoms with E-state index in [-0.39, 0.29) is 5.96 Å². The van der Waals surface area contributed by atoms with Crippen LogP contribution in [0.15, 0.2) is 47.5 Å². The van der Waals surface area contributed by atoms with Gasteiger partial charge in [0.05, 0.1) is 10.5 Å². The van der Waals surface area contributed by atoms with Crippen LogP contribution >= 0.6 is 11.6 Å². The highest BCUT2D eigenvalue weighted by atomic mass is 35.5. The summed E-state index contributed by atoms with van der Waals surface area (Å²) in [5, 5.41) is 3.81. The standard InChI is InChI=1S/C21H24ClN5O2/c1-24-21(23)26-20(28)19-10-16-17(22)8-15(9-18(16)25-19)29-12-14-6-4-5-13(7-14)11-27(2)3/h4-10,25H,11-12H2,1-3H3,(H3,23,24,26,28). The van der Waals surface area contributed by atoms with Crippen molar-refractivity contribution in [1.82, 2.24) is 15.2 Å². The van der Waals surface area contributed by atoms with Crippen LogP contribution < -0.4 is 15.8 Å². The lowest BCUT2D eigenvalue weighted by Crippen LogP contribution is -2.28. The van der Waals surface area contributed by atoms with Crippen LogP contribution in [0.1, 0.15) is 21.6 Å². The number of hydrogen-bond acceptors (Lipinski definition) is 3. The minimum Gasteiger partial charge on any atom is -0.489 e. The molecule has 0 fully saturated rings. The number of benzene rings is 2. The van der Waals surface area contributed by atoms with E-state index in [0.717, 1.165) is 12.1 Å². The molecule has 2 aromatic carbocycles. The maximum Gasteiger partial charge on any atom is 0.296 e. The van der Waals surface area contributed by atoms with Crippen LogP contribution in [-0.2, 0) is 13.2 Å². The predicted octanol–water partition coefficient (Wildman–Crippen LogP) is 3.14. The Balaban J connectivity index is 1.78. The van der Waals surface area contributed by atoms with Crippen molar-refractivity contribution in [2.45, 2.75) is 13.2 Å². The summed E-state index contributed by atoms with van der Waals surface area (Å²) in [7, 11) is 5.66. The van der Waals surface area contributed by atoms with Gasteiger partial charge >= 0.3 is 0 Å². The first-order valence-electron chi connectivity index (χ1n) is 9.09. The Labute approximate surface area is 174 Å². The van der Waals surface area contributed by atoms with E-state index in [9.17, 15) is 4.79 Å². The molecular formula is C21H24ClN5O2. The molecule has 0 saturated heterocycles. The van der Waals surface area contributed by atoms with E-state index in [1.807, 2.05) is 32.3 Å². The number of nitrogens with zero attached hydrogens (tertiary/aromatic N) is 2. The van der Waals surface area contributed by atoms with Crippen molar-refractivity contribution < 1.29 is 9.53 Å². The molecule has 0 radical (unpaired) electrons. The number of rotatable bonds is 6. The number of nitrogens with one attached hydrogen (secondary N) is 2. The topological polar surface area (TPSA) is 95.7 Å². The van der Waals surface area contributed by atoms with Gasteiger partial charge < -0.3 is 25.7 Å². The molecule has 3 rings (SSSR count). The van der Waals surface area contributed by atoms with Crippen molar-refractivity contribution >= 4 is 34.4 Å². The SMILES string of the molecule is CNC(N)=NC(=O)c1cc2c(Cl)cc(OCc3cccc(CN(C)C)c3)cc2[nH]1. The quantitative estimate of drug-likeness (QED) is 0.426. The van der Waals surface area contributed by atoms with Crippen molar-refractivity contribution in [1.29, 1.82) is 0 Å². The largest absolute Gasteiger partial charge is 0.489 e. The fourth-order valence-electron chi connectivity index (χ4n) is 2.94. The van der Waals surface area contributed by atoms with Gasteiger partial charge in [0.15, 0.2) is 5.96 Å². The lowest BCUT2D eigenvalue weighted by Gasteiger charge is -2.12. The Hall–Kier alpha value is -3.03. The molecule has 152 valence electrons. The molecule has 0 saturated carbocycles. The molecule has 1 heterocycles. The molecule has 1 amide bonds. The molecule has 0 atom stereocenters. The van der Waals surface area contributed by atoms with Crippen LogP contribution in [0.25, 0.3) is 10.9 Å². The number of aromatic amines is 1. The van der Waals surface area contributed by atoms with Crippen LogP contribution in [0.5, 0.6) is 5.75 Å². The fourth-order valence-corrected chi connectivity index (χ4v) is 3.21. The molecular weight excluding hydrogens is 390 g/mol. The summed E-state index contributed by atoms with van der Waals surface area (Å²) in [6, 6.07) is 13.5. The zero-order chi connectivity index (χ0) is 21.0. The molecule has 29 heavy (non-hydrogen) atoms. The Morgan fingerprint density at radius 1 is 1.24 bits per heavy atom. The molecule has 0 aliphatic heterocycles. The molecule has 3 aromatic rings. The monoisotopic (exact) mass is 413 g/mol. The summed E-state index contributed by atoms with van der Waals surface area (Å²) in [6.07, 6.45) is 0. The summed E-state index contributed by atoms with van der Waals surface area (Å²) in [5.74, 6) is 0.171. The smallest absolute Gasteiger partial charge is 0.296 e. The van der Waals surface area contributed by atoms with E-state index in [0.29, 0.717) is 34.0 Å². The summed E-state index contributed by atoms with van der Waals surface area (Å²) in [4.78, 5) is 21.1. The Morgan fingerprint density at radius 3 is 2.72 bits per heavy atom. The van der Waals surface area contributed by atoms with E-state index < -0.39 is 5.91 Å². The van der Waals surface area contributed by atoms with Gasteiger partial charge in [0, 0.05) is 25.0 Å².